The van der Waals surface area contributed by atoms with E-state index < -0.39 is 12.3 Å². The van der Waals surface area contributed by atoms with E-state index >= 15 is 0 Å². The molecular formula is C19H19BrF2N2O2S. The zero-order valence-corrected chi connectivity index (χ0v) is 16.8. The quantitative estimate of drug-likeness (QED) is 0.678. The highest BCUT2D eigenvalue weighted by Crippen LogP contribution is 2.40. The Labute approximate surface area is 171 Å². The van der Waals surface area contributed by atoms with Crippen molar-refractivity contribution in [3.05, 3.63) is 60.2 Å². The van der Waals surface area contributed by atoms with Gasteiger partial charge in [-0.05, 0) is 42.4 Å². The third-order valence-electron chi connectivity index (χ3n) is 4.65. The number of aliphatic hydroxyl groups is 1. The lowest BCUT2D eigenvalue weighted by atomic mass is 10.0. The van der Waals surface area contributed by atoms with Gasteiger partial charge in [0.15, 0.2) is 6.54 Å². The number of anilines is 1. The van der Waals surface area contributed by atoms with Crippen molar-refractivity contribution in [2.75, 3.05) is 23.7 Å². The lowest BCUT2D eigenvalue weighted by Gasteiger charge is -2.26. The third-order valence-corrected chi connectivity index (χ3v) is 5.84. The second-order valence-electron chi connectivity index (χ2n) is 6.25. The van der Waals surface area contributed by atoms with E-state index in [-0.39, 0.29) is 29.3 Å². The number of rotatable bonds is 4. The molecule has 4 nitrogen and oxygen atoms in total. The van der Waals surface area contributed by atoms with Gasteiger partial charge in [-0.15, -0.1) is 0 Å². The van der Waals surface area contributed by atoms with E-state index in [1.807, 2.05) is 39.8 Å². The van der Waals surface area contributed by atoms with Gasteiger partial charge in [-0.25, -0.2) is 9.48 Å². The highest BCUT2D eigenvalue weighted by molar-refractivity contribution is 8.13. The fourth-order valence-corrected chi connectivity index (χ4v) is 4.72. The molecule has 2 aliphatic rings. The zero-order chi connectivity index (χ0) is 18.1. The number of nitrogens with zero attached hydrogens (tertiary/aromatic N) is 2. The second kappa shape index (κ2) is 8.16. The minimum absolute atomic E-state index is 0. The summed E-state index contributed by atoms with van der Waals surface area (Å²) in [6.07, 6.45) is 0.914. The zero-order valence-electron chi connectivity index (χ0n) is 14.4. The number of amidine groups is 1. The van der Waals surface area contributed by atoms with Crippen LogP contribution < -0.4 is 26.6 Å². The molecule has 2 heterocycles. The van der Waals surface area contributed by atoms with Gasteiger partial charge in [0, 0.05) is 5.75 Å². The van der Waals surface area contributed by atoms with Crippen LogP contribution in [0.4, 0.5) is 14.5 Å². The summed E-state index contributed by atoms with van der Waals surface area (Å²) in [4.78, 5) is 2.04. The van der Waals surface area contributed by atoms with Gasteiger partial charge in [-0.1, -0.05) is 30.3 Å². The van der Waals surface area contributed by atoms with Gasteiger partial charge >= 0.3 is 11.8 Å². The number of halogens is 3. The van der Waals surface area contributed by atoms with Crippen LogP contribution in [-0.4, -0.2) is 40.3 Å². The molecule has 0 saturated heterocycles. The van der Waals surface area contributed by atoms with Gasteiger partial charge in [0.25, 0.3) is 5.72 Å². The largest absolute Gasteiger partial charge is 1.00 e. The van der Waals surface area contributed by atoms with Crippen LogP contribution in [0.25, 0.3) is 0 Å². The van der Waals surface area contributed by atoms with Crippen LogP contribution in [0.2, 0.25) is 0 Å². The van der Waals surface area contributed by atoms with Crippen molar-refractivity contribution < 1.29 is 40.2 Å². The van der Waals surface area contributed by atoms with Crippen LogP contribution in [-0.2, 0) is 5.72 Å². The molecule has 1 N–H and O–H groups in total. The molecule has 4 rings (SSSR count). The first-order valence-electron chi connectivity index (χ1n) is 8.46. The molecule has 144 valence electrons. The fourth-order valence-electron chi connectivity index (χ4n) is 3.54. The van der Waals surface area contributed by atoms with E-state index in [2.05, 4.69) is 4.74 Å². The number of β-amino-alcohol motifs (C(OH)–C–C–N with tert-alkyl or cyclic N) is 1. The predicted molar refractivity (Wildman–Crippen MR) is 98.0 cm³/mol. The van der Waals surface area contributed by atoms with E-state index in [0.29, 0.717) is 12.1 Å². The molecule has 0 aromatic heterocycles. The van der Waals surface area contributed by atoms with Crippen LogP contribution in [0.5, 0.6) is 5.75 Å². The van der Waals surface area contributed by atoms with Gasteiger partial charge in [-0.2, -0.15) is 8.78 Å². The molecule has 1 unspecified atom stereocenters. The minimum atomic E-state index is -2.94. The molecule has 0 bridgehead atoms. The first-order valence-corrected chi connectivity index (χ1v) is 9.45. The Morgan fingerprint density at radius 1 is 1.11 bits per heavy atom. The SMILES string of the molecule is OC1(c2ccccc2OC(F)F)CN(c2ccccc2)C2=[N+]1CCCS2.[Br-]. The van der Waals surface area contributed by atoms with Crippen LogP contribution >= 0.6 is 11.8 Å². The first kappa shape index (κ1) is 20.1. The maximum Gasteiger partial charge on any atom is 0.387 e. The van der Waals surface area contributed by atoms with Crippen molar-refractivity contribution >= 4 is 22.6 Å². The summed E-state index contributed by atoms with van der Waals surface area (Å²) in [6.45, 7) is -2.03. The van der Waals surface area contributed by atoms with E-state index in [1.54, 1.807) is 30.0 Å². The second-order valence-corrected chi connectivity index (χ2v) is 7.31. The lowest BCUT2D eigenvalue weighted by molar-refractivity contribution is -0.656. The maximum absolute atomic E-state index is 12.8. The van der Waals surface area contributed by atoms with Crippen LogP contribution in [0.1, 0.15) is 12.0 Å². The number of para-hydroxylation sites is 2. The fraction of sp³-hybridized carbons (Fsp3) is 0.316. The van der Waals surface area contributed by atoms with E-state index in [9.17, 15) is 13.9 Å². The number of hydrogen-bond acceptors (Lipinski definition) is 4. The average molecular weight is 457 g/mol. The molecular weight excluding hydrogens is 438 g/mol. The summed E-state index contributed by atoms with van der Waals surface area (Å²) < 4.78 is 32.3. The lowest BCUT2D eigenvalue weighted by Crippen LogP contribution is -3.00. The molecule has 27 heavy (non-hydrogen) atoms. The van der Waals surface area contributed by atoms with Crippen molar-refractivity contribution in [2.24, 2.45) is 0 Å². The van der Waals surface area contributed by atoms with Crippen LogP contribution in [0.3, 0.4) is 0 Å². The summed E-state index contributed by atoms with van der Waals surface area (Å²) in [7, 11) is 0. The molecule has 0 spiro atoms. The smallest absolute Gasteiger partial charge is 0.387 e. The number of benzene rings is 2. The predicted octanol–water partition coefficient (Wildman–Crippen LogP) is 0.463. The molecule has 0 aliphatic carbocycles. The maximum atomic E-state index is 12.8. The van der Waals surface area contributed by atoms with Crippen LogP contribution in [0, 0.1) is 0 Å². The van der Waals surface area contributed by atoms with Gasteiger partial charge in [-0.3, -0.25) is 0 Å². The number of alkyl halides is 2. The molecule has 0 radical (unpaired) electrons. The molecule has 2 aromatic rings. The Morgan fingerprint density at radius 2 is 1.81 bits per heavy atom. The Bertz CT molecular complexity index is 837. The van der Waals surface area contributed by atoms with Gasteiger partial charge < -0.3 is 26.8 Å². The topological polar surface area (TPSA) is 35.7 Å². The Morgan fingerprint density at radius 3 is 2.56 bits per heavy atom. The number of hydrogen-bond donors (Lipinski definition) is 1. The van der Waals surface area contributed by atoms with Crippen LogP contribution in [0.15, 0.2) is 54.6 Å². The average Bonchev–Trinajstić information content (AvgIpc) is 2.97. The van der Waals surface area contributed by atoms with Crippen molar-refractivity contribution in [1.82, 2.24) is 0 Å². The van der Waals surface area contributed by atoms with Crippen molar-refractivity contribution in [3.8, 4) is 5.75 Å². The molecule has 0 fully saturated rings. The number of thioether (sulfide) groups is 1. The van der Waals surface area contributed by atoms with Gasteiger partial charge in [0.05, 0.1) is 12.1 Å². The molecule has 2 aliphatic heterocycles. The Kier molecular flexibility index (Phi) is 6.08. The van der Waals surface area contributed by atoms with Crippen molar-refractivity contribution in [1.29, 1.82) is 0 Å². The van der Waals surface area contributed by atoms with E-state index in [0.717, 1.165) is 23.0 Å². The molecule has 2 aromatic carbocycles. The highest BCUT2D eigenvalue weighted by atomic mass is 79.9. The highest BCUT2D eigenvalue weighted by Gasteiger charge is 2.54. The van der Waals surface area contributed by atoms with E-state index in [1.165, 1.54) is 6.07 Å². The van der Waals surface area contributed by atoms with Gasteiger partial charge in [0.1, 0.15) is 11.4 Å². The van der Waals surface area contributed by atoms with Crippen molar-refractivity contribution in [3.63, 3.8) is 0 Å². The first-order chi connectivity index (χ1) is 12.6. The Balaban J connectivity index is 0.00000210. The normalized spacial score (nSPS) is 21.9. The summed E-state index contributed by atoms with van der Waals surface area (Å²) in [5.74, 6) is 0.968. The molecule has 1 atom stereocenters. The summed E-state index contributed by atoms with van der Waals surface area (Å²) in [5, 5.41) is 12.5. The molecule has 8 heteroatoms. The third kappa shape index (κ3) is 3.70. The number of ether oxygens (including phenoxy) is 1. The standard InChI is InChI=1S/C19H19F2N2O2S.BrH/c20-17(21)25-16-10-5-4-9-15(16)19(24)13-22(14-7-2-1-3-8-14)18-23(19)11-6-12-26-18;/h1-5,7-10,17,24H,6,11-13H2;1H/q+1;/p-1. The summed E-state index contributed by atoms with van der Waals surface area (Å²) >= 11 is 1.67. The molecule has 0 saturated carbocycles. The van der Waals surface area contributed by atoms with Gasteiger partial charge in [0.2, 0.25) is 0 Å². The molecule has 0 amide bonds. The summed E-state index contributed by atoms with van der Waals surface area (Å²) in [6, 6.07) is 16.3. The minimum Gasteiger partial charge on any atom is -1.00 e. The summed E-state index contributed by atoms with van der Waals surface area (Å²) in [5.41, 5.74) is -0.104. The monoisotopic (exact) mass is 456 g/mol. The Hall–Kier alpha value is -1.64. The van der Waals surface area contributed by atoms with Crippen molar-refractivity contribution in [2.45, 2.75) is 18.8 Å². The van der Waals surface area contributed by atoms with E-state index in [4.69, 9.17) is 0 Å².